The van der Waals surface area contributed by atoms with Crippen molar-refractivity contribution in [3.8, 4) is 0 Å². The third-order valence-corrected chi connectivity index (χ3v) is 2.38. The second kappa shape index (κ2) is 4.32. The predicted molar refractivity (Wildman–Crippen MR) is 60.6 cm³/mol. The Labute approximate surface area is 89.7 Å². The summed E-state index contributed by atoms with van der Waals surface area (Å²) in [4.78, 5) is 0. The highest BCUT2D eigenvalue weighted by atomic mass is 16.3. The molecule has 1 aromatic heterocycles. The van der Waals surface area contributed by atoms with E-state index >= 15 is 0 Å². The van der Waals surface area contributed by atoms with Gasteiger partial charge in [-0.15, -0.1) is 0 Å². The molecule has 1 aromatic carbocycles. The van der Waals surface area contributed by atoms with Crippen LogP contribution in [-0.2, 0) is 13.0 Å². The number of hydrogen-bond acceptors (Lipinski definition) is 2. The molecule has 0 radical (unpaired) electrons. The molecule has 2 aromatic rings. The van der Waals surface area contributed by atoms with Crippen molar-refractivity contribution < 1.29 is 4.42 Å². The average molecular weight is 201 g/mol. The van der Waals surface area contributed by atoms with E-state index in [0.717, 1.165) is 17.9 Å². The highest BCUT2D eigenvalue weighted by Gasteiger charge is 2.01. The lowest BCUT2D eigenvalue weighted by Crippen LogP contribution is -1.93. The monoisotopic (exact) mass is 201 g/mol. The van der Waals surface area contributed by atoms with Gasteiger partial charge in [-0.1, -0.05) is 29.8 Å². The smallest absolute Gasteiger partial charge is 0.117 e. The van der Waals surface area contributed by atoms with Crippen molar-refractivity contribution in [2.24, 2.45) is 5.73 Å². The highest BCUT2D eigenvalue weighted by Crippen LogP contribution is 2.13. The maximum atomic E-state index is 5.55. The number of furan rings is 1. The zero-order chi connectivity index (χ0) is 10.7. The Balaban J connectivity index is 2.14. The number of nitrogens with two attached hydrogens (primary N) is 1. The van der Waals surface area contributed by atoms with Gasteiger partial charge < -0.3 is 10.2 Å². The summed E-state index contributed by atoms with van der Waals surface area (Å²) in [6.07, 6.45) is 0.835. The Morgan fingerprint density at radius 1 is 1.13 bits per heavy atom. The summed E-state index contributed by atoms with van der Waals surface area (Å²) in [6, 6.07) is 12.4. The molecule has 0 bridgehead atoms. The summed E-state index contributed by atoms with van der Waals surface area (Å²) >= 11 is 0. The Morgan fingerprint density at radius 3 is 2.60 bits per heavy atom. The fourth-order valence-corrected chi connectivity index (χ4v) is 1.65. The van der Waals surface area contributed by atoms with Crippen LogP contribution in [0.1, 0.15) is 22.6 Å². The quantitative estimate of drug-likeness (QED) is 0.829. The predicted octanol–water partition coefficient (Wildman–Crippen LogP) is 2.64. The number of rotatable bonds is 3. The molecule has 0 atom stereocenters. The molecule has 0 aliphatic heterocycles. The van der Waals surface area contributed by atoms with Crippen LogP contribution in [0.3, 0.4) is 0 Å². The van der Waals surface area contributed by atoms with E-state index in [1.165, 1.54) is 11.1 Å². The van der Waals surface area contributed by atoms with Crippen molar-refractivity contribution in [1.82, 2.24) is 0 Å². The van der Waals surface area contributed by atoms with Gasteiger partial charge in [-0.3, -0.25) is 0 Å². The summed E-state index contributed by atoms with van der Waals surface area (Å²) in [6.45, 7) is 2.56. The van der Waals surface area contributed by atoms with E-state index in [0.29, 0.717) is 6.54 Å². The second-order valence-electron chi connectivity index (χ2n) is 3.74. The van der Waals surface area contributed by atoms with Gasteiger partial charge in [0.1, 0.15) is 11.5 Å². The van der Waals surface area contributed by atoms with Crippen LogP contribution in [0, 0.1) is 6.92 Å². The molecule has 2 heteroatoms. The molecule has 2 rings (SSSR count). The van der Waals surface area contributed by atoms with Crippen LogP contribution < -0.4 is 5.73 Å². The van der Waals surface area contributed by atoms with Crippen LogP contribution in [-0.4, -0.2) is 0 Å². The van der Waals surface area contributed by atoms with Crippen molar-refractivity contribution in [2.75, 3.05) is 0 Å². The summed E-state index contributed by atoms with van der Waals surface area (Å²) in [5.74, 6) is 1.82. The van der Waals surface area contributed by atoms with Gasteiger partial charge in [0.25, 0.3) is 0 Å². The maximum absolute atomic E-state index is 5.55. The number of aryl methyl sites for hydroxylation is 1. The van der Waals surface area contributed by atoms with Gasteiger partial charge in [0.15, 0.2) is 0 Å². The first-order valence-electron chi connectivity index (χ1n) is 5.11. The molecule has 0 spiro atoms. The lowest BCUT2D eigenvalue weighted by atomic mass is 10.1. The van der Waals surface area contributed by atoms with Gasteiger partial charge in [0.05, 0.1) is 6.54 Å². The van der Waals surface area contributed by atoms with E-state index in [9.17, 15) is 0 Å². The fraction of sp³-hybridized carbons (Fsp3) is 0.231. The van der Waals surface area contributed by atoms with Crippen molar-refractivity contribution in [3.63, 3.8) is 0 Å². The van der Waals surface area contributed by atoms with Gasteiger partial charge in [-0.25, -0.2) is 0 Å². The molecule has 2 nitrogen and oxygen atoms in total. The van der Waals surface area contributed by atoms with E-state index < -0.39 is 0 Å². The Morgan fingerprint density at radius 2 is 1.93 bits per heavy atom. The van der Waals surface area contributed by atoms with Crippen LogP contribution in [0.25, 0.3) is 0 Å². The third-order valence-electron chi connectivity index (χ3n) is 2.38. The van der Waals surface area contributed by atoms with Crippen LogP contribution in [0.15, 0.2) is 40.8 Å². The Kier molecular flexibility index (Phi) is 2.88. The van der Waals surface area contributed by atoms with Crippen LogP contribution in [0.5, 0.6) is 0 Å². The summed E-state index contributed by atoms with van der Waals surface area (Å²) in [7, 11) is 0. The molecule has 0 aliphatic carbocycles. The summed E-state index contributed by atoms with van der Waals surface area (Å²) in [5, 5.41) is 0. The zero-order valence-corrected chi connectivity index (χ0v) is 8.86. The molecule has 0 amide bonds. The normalized spacial score (nSPS) is 10.5. The van der Waals surface area contributed by atoms with Gasteiger partial charge in [-0.2, -0.15) is 0 Å². The largest absolute Gasteiger partial charge is 0.464 e. The Bertz CT molecular complexity index is 445. The van der Waals surface area contributed by atoms with Crippen LogP contribution in [0.2, 0.25) is 0 Å². The minimum absolute atomic E-state index is 0.466. The van der Waals surface area contributed by atoms with E-state index in [4.69, 9.17) is 10.2 Å². The molecule has 0 saturated heterocycles. The molecule has 1 heterocycles. The topological polar surface area (TPSA) is 39.2 Å². The molecule has 0 aliphatic rings. The summed E-state index contributed by atoms with van der Waals surface area (Å²) < 4.78 is 5.55. The average Bonchev–Trinajstić information content (AvgIpc) is 2.65. The molecular weight excluding hydrogens is 186 g/mol. The van der Waals surface area contributed by atoms with Gasteiger partial charge in [0, 0.05) is 6.42 Å². The highest BCUT2D eigenvalue weighted by molar-refractivity contribution is 5.26. The summed E-state index contributed by atoms with van der Waals surface area (Å²) in [5.41, 5.74) is 8.03. The minimum Gasteiger partial charge on any atom is -0.464 e. The number of benzene rings is 1. The van der Waals surface area contributed by atoms with E-state index in [1.807, 2.05) is 12.1 Å². The Hall–Kier alpha value is -1.54. The fourth-order valence-electron chi connectivity index (χ4n) is 1.65. The second-order valence-corrected chi connectivity index (χ2v) is 3.74. The van der Waals surface area contributed by atoms with E-state index in [-0.39, 0.29) is 0 Å². The maximum Gasteiger partial charge on any atom is 0.117 e. The first-order valence-corrected chi connectivity index (χ1v) is 5.11. The minimum atomic E-state index is 0.466. The van der Waals surface area contributed by atoms with Gasteiger partial charge >= 0.3 is 0 Å². The van der Waals surface area contributed by atoms with Crippen molar-refractivity contribution in [3.05, 3.63) is 59.0 Å². The molecule has 0 unspecified atom stereocenters. The van der Waals surface area contributed by atoms with Gasteiger partial charge in [0.2, 0.25) is 0 Å². The van der Waals surface area contributed by atoms with E-state index in [1.54, 1.807) is 0 Å². The van der Waals surface area contributed by atoms with E-state index in [2.05, 4.69) is 31.2 Å². The van der Waals surface area contributed by atoms with Crippen LogP contribution >= 0.6 is 0 Å². The first kappa shape index (κ1) is 9.99. The first-order chi connectivity index (χ1) is 7.28. The molecule has 78 valence electrons. The molecule has 2 N–H and O–H groups in total. The third kappa shape index (κ3) is 2.48. The van der Waals surface area contributed by atoms with Crippen molar-refractivity contribution in [2.45, 2.75) is 19.9 Å². The number of hydrogen-bond donors (Lipinski definition) is 1. The zero-order valence-electron chi connectivity index (χ0n) is 8.86. The molecular formula is C13H15NO. The lowest BCUT2D eigenvalue weighted by molar-refractivity contribution is 0.475. The lowest BCUT2D eigenvalue weighted by Gasteiger charge is -1.99. The molecule has 0 saturated carbocycles. The molecule has 0 fully saturated rings. The molecule has 15 heavy (non-hydrogen) atoms. The van der Waals surface area contributed by atoms with Crippen molar-refractivity contribution >= 4 is 0 Å². The standard InChI is InChI=1S/C13H15NO/c1-10-3-2-4-11(7-10)8-12-5-6-13(9-14)15-12/h2-7H,8-9,14H2,1H3. The SMILES string of the molecule is Cc1cccc(Cc2ccc(CN)o2)c1. The van der Waals surface area contributed by atoms with Gasteiger partial charge in [-0.05, 0) is 24.6 Å². The van der Waals surface area contributed by atoms with Crippen molar-refractivity contribution in [1.29, 1.82) is 0 Å². The van der Waals surface area contributed by atoms with Crippen LogP contribution in [0.4, 0.5) is 0 Å².